The van der Waals surface area contributed by atoms with E-state index in [1.807, 2.05) is 6.08 Å². The molecule has 20 heavy (non-hydrogen) atoms. The summed E-state index contributed by atoms with van der Waals surface area (Å²) in [4.78, 5) is 11.7. The standard InChI is InChI=1S/C19H24O/c1-2-12-10-14-11-15(20)7-9-16(14)18-8-6-13-4-3-5-17(13)19(12)18/h1,11-13,16-19H,3-10H2/t12-,13+,16+,17-,18-,19+/m1/s1. The van der Waals surface area contributed by atoms with E-state index >= 15 is 0 Å². The van der Waals surface area contributed by atoms with Crippen LogP contribution in [0.3, 0.4) is 0 Å². The van der Waals surface area contributed by atoms with E-state index in [9.17, 15) is 4.79 Å². The number of carbonyl (C=O) groups excluding carboxylic acids is 1. The Morgan fingerprint density at radius 1 is 1.10 bits per heavy atom. The van der Waals surface area contributed by atoms with Crippen LogP contribution in [0.4, 0.5) is 0 Å². The smallest absolute Gasteiger partial charge is 0.155 e. The Kier molecular flexibility index (Phi) is 3.02. The fourth-order valence-corrected chi connectivity index (χ4v) is 6.04. The third-order valence-electron chi connectivity index (χ3n) is 6.75. The monoisotopic (exact) mass is 268 g/mol. The van der Waals surface area contributed by atoms with Gasteiger partial charge < -0.3 is 0 Å². The van der Waals surface area contributed by atoms with Crippen LogP contribution < -0.4 is 0 Å². The van der Waals surface area contributed by atoms with Gasteiger partial charge in [-0.25, -0.2) is 0 Å². The van der Waals surface area contributed by atoms with Crippen LogP contribution in [0.15, 0.2) is 11.6 Å². The molecule has 4 aliphatic rings. The molecule has 4 rings (SSSR count). The molecule has 0 radical (unpaired) electrons. The van der Waals surface area contributed by atoms with Crippen molar-refractivity contribution in [1.82, 2.24) is 0 Å². The Bertz CT molecular complexity index is 494. The van der Waals surface area contributed by atoms with Gasteiger partial charge in [-0.05, 0) is 67.8 Å². The lowest BCUT2D eigenvalue weighted by Crippen LogP contribution is -2.45. The number of hydrogen-bond acceptors (Lipinski definition) is 1. The van der Waals surface area contributed by atoms with Crippen molar-refractivity contribution in [3.63, 3.8) is 0 Å². The molecule has 0 amide bonds. The second-order valence-electron chi connectivity index (χ2n) is 7.48. The van der Waals surface area contributed by atoms with E-state index in [0.29, 0.717) is 17.6 Å². The highest BCUT2D eigenvalue weighted by Gasteiger charge is 2.50. The minimum atomic E-state index is 0.333. The van der Waals surface area contributed by atoms with E-state index in [4.69, 9.17) is 6.42 Å². The van der Waals surface area contributed by atoms with E-state index < -0.39 is 0 Å². The minimum Gasteiger partial charge on any atom is -0.295 e. The molecule has 0 N–H and O–H groups in total. The van der Waals surface area contributed by atoms with E-state index in [2.05, 4.69) is 5.92 Å². The number of fused-ring (bicyclic) bond motifs is 5. The number of carbonyl (C=O) groups is 1. The maximum absolute atomic E-state index is 11.7. The fourth-order valence-electron chi connectivity index (χ4n) is 6.04. The van der Waals surface area contributed by atoms with E-state index in [0.717, 1.165) is 42.9 Å². The molecule has 1 heteroatoms. The Morgan fingerprint density at radius 3 is 2.85 bits per heavy atom. The molecule has 0 aliphatic heterocycles. The van der Waals surface area contributed by atoms with Crippen LogP contribution in [0.25, 0.3) is 0 Å². The summed E-state index contributed by atoms with van der Waals surface area (Å²) < 4.78 is 0. The second kappa shape index (κ2) is 4.76. The van der Waals surface area contributed by atoms with Crippen molar-refractivity contribution in [2.45, 2.75) is 51.4 Å². The van der Waals surface area contributed by atoms with Gasteiger partial charge in [0.1, 0.15) is 0 Å². The van der Waals surface area contributed by atoms with E-state index in [1.54, 1.807) is 0 Å². The molecule has 4 aliphatic carbocycles. The van der Waals surface area contributed by atoms with Crippen LogP contribution in [-0.4, -0.2) is 5.78 Å². The second-order valence-corrected chi connectivity index (χ2v) is 7.48. The molecule has 106 valence electrons. The molecule has 0 heterocycles. The zero-order valence-electron chi connectivity index (χ0n) is 12.2. The topological polar surface area (TPSA) is 17.1 Å². The maximum atomic E-state index is 11.7. The lowest BCUT2D eigenvalue weighted by Gasteiger charge is -2.51. The first-order valence-corrected chi connectivity index (χ1v) is 8.47. The highest BCUT2D eigenvalue weighted by Crippen LogP contribution is 2.58. The van der Waals surface area contributed by atoms with Gasteiger partial charge in [-0.15, -0.1) is 12.3 Å². The van der Waals surface area contributed by atoms with Crippen LogP contribution in [0.1, 0.15) is 51.4 Å². The zero-order valence-corrected chi connectivity index (χ0v) is 12.2. The van der Waals surface area contributed by atoms with Gasteiger partial charge in [-0.1, -0.05) is 18.4 Å². The van der Waals surface area contributed by atoms with Crippen LogP contribution in [-0.2, 0) is 4.79 Å². The van der Waals surface area contributed by atoms with Crippen LogP contribution >= 0.6 is 0 Å². The Morgan fingerprint density at radius 2 is 2.00 bits per heavy atom. The molecule has 1 nitrogen and oxygen atoms in total. The third kappa shape index (κ3) is 1.80. The Labute approximate surface area is 122 Å². The van der Waals surface area contributed by atoms with E-state index in [-0.39, 0.29) is 0 Å². The lowest BCUT2D eigenvalue weighted by atomic mass is 9.53. The molecule has 6 atom stereocenters. The van der Waals surface area contributed by atoms with Crippen molar-refractivity contribution in [2.75, 3.05) is 0 Å². The molecule has 0 unspecified atom stereocenters. The summed E-state index contributed by atoms with van der Waals surface area (Å²) in [6.07, 6.45) is 17.8. The molecular formula is C19H24O. The van der Waals surface area contributed by atoms with Crippen molar-refractivity contribution in [2.24, 2.45) is 35.5 Å². The van der Waals surface area contributed by atoms with Crippen LogP contribution in [0.2, 0.25) is 0 Å². The first-order chi connectivity index (χ1) is 9.78. The SMILES string of the molecule is C#C[C@@H]1CC2=CC(=O)CC[C@@H]2[C@H]2CC[C@@H]3CCC[C@H]3[C@@H]21. The average molecular weight is 268 g/mol. The molecule has 0 spiro atoms. The van der Waals surface area contributed by atoms with Gasteiger partial charge >= 0.3 is 0 Å². The summed E-state index contributed by atoms with van der Waals surface area (Å²) in [7, 11) is 0. The number of ketones is 1. The predicted molar refractivity (Wildman–Crippen MR) is 79.8 cm³/mol. The van der Waals surface area contributed by atoms with Crippen molar-refractivity contribution < 1.29 is 4.79 Å². The average Bonchev–Trinajstić information content (AvgIpc) is 2.94. The van der Waals surface area contributed by atoms with Crippen LogP contribution in [0.5, 0.6) is 0 Å². The van der Waals surface area contributed by atoms with Gasteiger partial charge in [0.2, 0.25) is 0 Å². The molecular weight excluding hydrogens is 244 g/mol. The van der Waals surface area contributed by atoms with E-state index in [1.165, 1.54) is 37.7 Å². The molecule has 0 aromatic heterocycles. The number of allylic oxidation sites excluding steroid dienone is 1. The summed E-state index contributed by atoms with van der Waals surface area (Å²) in [5, 5.41) is 0. The quantitative estimate of drug-likeness (QED) is 0.607. The third-order valence-corrected chi connectivity index (χ3v) is 6.75. The molecule has 3 fully saturated rings. The predicted octanol–water partition coefficient (Wildman–Crippen LogP) is 3.99. The number of rotatable bonds is 0. The lowest BCUT2D eigenvalue weighted by molar-refractivity contribution is -0.116. The van der Waals surface area contributed by atoms with Crippen molar-refractivity contribution in [3.05, 3.63) is 11.6 Å². The summed E-state index contributed by atoms with van der Waals surface area (Å²) in [5.74, 6) is 7.93. The molecule has 0 aromatic rings. The van der Waals surface area contributed by atoms with Gasteiger partial charge in [0.15, 0.2) is 5.78 Å². The van der Waals surface area contributed by atoms with Crippen molar-refractivity contribution in [3.8, 4) is 12.3 Å². The van der Waals surface area contributed by atoms with Gasteiger partial charge in [0.05, 0.1) is 0 Å². The highest BCUT2D eigenvalue weighted by molar-refractivity contribution is 5.91. The number of terminal acetylenes is 1. The van der Waals surface area contributed by atoms with Crippen molar-refractivity contribution in [1.29, 1.82) is 0 Å². The summed E-state index contributed by atoms with van der Waals surface area (Å²) >= 11 is 0. The fraction of sp³-hybridized carbons (Fsp3) is 0.737. The Balaban J connectivity index is 1.69. The number of hydrogen-bond donors (Lipinski definition) is 0. The molecule has 0 bridgehead atoms. The van der Waals surface area contributed by atoms with Gasteiger partial charge in [-0.3, -0.25) is 4.79 Å². The largest absolute Gasteiger partial charge is 0.295 e. The highest BCUT2D eigenvalue weighted by atomic mass is 16.1. The van der Waals surface area contributed by atoms with Crippen molar-refractivity contribution >= 4 is 5.78 Å². The van der Waals surface area contributed by atoms with Gasteiger partial charge in [0.25, 0.3) is 0 Å². The normalized spacial score (nSPS) is 46.8. The maximum Gasteiger partial charge on any atom is 0.155 e. The summed E-state index contributed by atoms with van der Waals surface area (Å²) in [6.45, 7) is 0. The molecule has 3 saturated carbocycles. The molecule has 0 saturated heterocycles. The van der Waals surface area contributed by atoms with Gasteiger partial charge in [0, 0.05) is 12.3 Å². The van der Waals surface area contributed by atoms with Crippen LogP contribution in [0, 0.1) is 47.9 Å². The minimum absolute atomic E-state index is 0.333. The first-order valence-electron chi connectivity index (χ1n) is 8.47. The van der Waals surface area contributed by atoms with Gasteiger partial charge in [-0.2, -0.15) is 0 Å². The zero-order chi connectivity index (χ0) is 13.7. The Hall–Kier alpha value is -1.03. The molecule has 0 aromatic carbocycles. The summed E-state index contributed by atoms with van der Waals surface area (Å²) in [6, 6.07) is 0. The summed E-state index contributed by atoms with van der Waals surface area (Å²) in [5.41, 5.74) is 1.40. The first kappa shape index (κ1) is 12.7.